The second kappa shape index (κ2) is 5.86. The van der Waals surface area contributed by atoms with Crippen molar-refractivity contribution in [3.63, 3.8) is 0 Å². The molecule has 0 saturated carbocycles. The van der Waals surface area contributed by atoms with Crippen molar-refractivity contribution in [3.05, 3.63) is 17.3 Å². The first kappa shape index (κ1) is 17.2. The summed E-state index contributed by atoms with van der Waals surface area (Å²) < 4.78 is 87.2. The van der Waals surface area contributed by atoms with Gasteiger partial charge in [0.05, 0.1) is 10.8 Å². The second-order valence-electron chi connectivity index (χ2n) is 3.24. The molecular weight excluding hydrogens is 356 g/mol. The van der Waals surface area contributed by atoms with Gasteiger partial charge in [-0.2, -0.15) is 0 Å². The van der Waals surface area contributed by atoms with Crippen LogP contribution in [0.2, 0.25) is 0 Å². The zero-order valence-corrected chi connectivity index (χ0v) is 11.4. The molecule has 12 heteroatoms. The maximum Gasteiger partial charge on any atom is 0.574 e. The van der Waals surface area contributed by atoms with Crippen LogP contribution in [0.5, 0.6) is 5.88 Å². The van der Waals surface area contributed by atoms with Gasteiger partial charge in [0, 0.05) is 22.3 Å². The van der Waals surface area contributed by atoms with Crippen molar-refractivity contribution < 1.29 is 35.1 Å². The Bertz CT molecular complexity index is 605. The molecule has 4 nitrogen and oxygen atoms in total. The third-order valence-corrected chi connectivity index (χ3v) is 3.57. The molecule has 0 aliphatic carbocycles. The van der Waals surface area contributed by atoms with Crippen LogP contribution in [-0.2, 0) is 14.9 Å². The summed E-state index contributed by atoms with van der Waals surface area (Å²) in [5, 5.41) is 0. The number of hydrogen-bond donors (Lipinski definition) is 0. The van der Waals surface area contributed by atoms with Crippen LogP contribution in [0.1, 0.15) is 17.7 Å². The number of hydrogen-bond acceptors (Lipinski definition) is 4. The van der Waals surface area contributed by atoms with E-state index in [-0.39, 0.29) is 6.07 Å². The van der Waals surface area contributed by atoms with Gasteiger partial charge >= 0.3 is 6.36 Å². The summed E-state index contributed by atoms with van der Waals surface area (Å²) in [4.78, 5) is 1.89. The third-order valence-electron chi connectivity index (χ3n) is 1.92. The molecule has 0 radical (unpaired) electrons. The zero-order chi connectivity index (χ0) is 15.7. The summed E-state index contributed by atoms with van der Waals surface area (Å²) in [6.45, 7) is 0. The van der Waals surface area contributed by atoms with Crippen LogP contribution in [0, 0.1) is 0 Å². The normalized spacial score (nSPS) is 12.8. The number of aromatic nitrogens is 1. The molecule has 114 valence electrons. The Morgan fingerprint density at radius 3 is 2.25 bits per heavy atom. The van der Waals surface area contributed by atoms with E-state index in [9.17, 15) is 30.4 Å². The molecule has 1 aromatic heterocycles. The summed E-state index contributed by atoms with van der Waals surface area (Å²) in [6, 6.07) is 0.277. The van der Waals surface area contributed by atoms with Gasteiger partial charge in [-0.15, -0.1) is 24.8 Å². The van der Waals surface area contributed by atoms with Crippen LogP contribution < -0.4 is 4.74 Å². The topological polar surface area (TPSA) is 56.3 Å². The van der Waals surface area contributed by atoms with E-state index in [1.54, 1.807) is 0 Å². The lowest BCUT2D eigenvalue weighted by molar-refractivity contribution is -0.276. The van der Waals surface area contributed by atoms with Crippen molar-refractivity contribution in [2.24, 2.45) is 0 Å². The second-order valence-corrected chi connectivity index (χ2v) is 6.04. The van der Waals surface area contributed by atoms with E-state index in [0.29, 0.717) is 0 Å². The maximum absolute atomic E-state index is 12.7. The fourth-order valence-corrected chi connectivity index (χ4v) is 2.73. The largest absolute Gasteiger partial charge is 0.574 e. The Kier molecular flexibility index (Phi) is 5.03. The van der Waals surface area contributed by atoms with Gasteiger partial charge in [-0.05, 0) is 0 Å². The number of nitrogens with zero attached hydrogens (tertiary/aromatic N) is 1. The first-order valence-corrected chi connectivity index (χ1v) is 7.38. The number of rotatable bonds is 4. The van der Waals surface area contributed by atoms with E-state index in [0.717, 1.165) is 0 Å². The molecule has 0 atom stereocenters. The minimum absolute atomic E-state index is 0.277. The molecule has 1 rings (SSSR count). The fraction of sp³-hybridized carbons (Fsp3) is 0.375. The molecule has 0 unspecified atom stereocenters. The van der Waals surface area contributed by atoms with Gasteiger partial charge in [-0.3, -0.25) is 0 Å². The van der Waals surface area contributed by atoms with Crippen LogP contribution in [0.3, 0.4) is 0 Å². The highest BCUT2D eigenvalue weighted by atomic mass is 35.7. The molecule has 0 fully saturated rings. The smallest absolute Gasteiger partial charge is 0.388 e. The van der Waals surface area contributed by atoms with Crippen LogP contribution in [0.4, 0.5) is 22.0 Å². The summed E-state index contributed by atoms with van der Waals surface area (Å²) in [5.41, 5.74) is -1.94. The van der Waals surface area contributed by atoms with Crippen LogP contribution in [0.25, 0.3) is 0 Å². The van der Waals surface area contributed by atoms with Gasteiger partial charge in [0.15, 0.2) is 0 Å². The Morgan fingerprint density at radius 1 is 1.35 bits per heavy atom. The first-order chi connectivity index (χ1) is 8.95. The monoisotopic (exact) mass is 359 g/mol. The van der Waals surface area contributed by atoms with Gasteiger partial charge in [-0.1, -0.05) is 0 Å². The van der Waals surface area contributed by atoms with Gasteiger partial charge in [0.1, 0.15) is 5.69 Å². The highest BCUT2D eigenvalue weighted by Crippen LogP contribution is 2.34. The lowest BCUT2D eigenvalue weighted by Gasteiger charge is -2.14. The standard InChI is InChI=1S/C8H4Cl2F5NO3S/c9-2-3-4(20(10,17)18)1-5(19-8(13,14)15)16-6(3)7(11)12/h1,7H,2H2. The predicted octanol–water partition coefficient (Wildman–Crippen LogP) is 3.58. The first-order valence-electron chi connectivity index (χ1n) is 4.54. The van der Waals surface area contributed by atoms with Crippen molar-refractivity contribution in [2.45, 2.75) is 23.6 Å². The van der Waals surface area contributed by atoms with Gasteiger partial charge in [0.25, 0.3) is 15.5 Å². The van der Waals surface area contributed by atoms with Crippen LogP contribution in [-0.4, -0.2) is 19.8 Å². The van der Waals surface area contributed by atoms with Crippen LogP contribution in [0.15, 0.2) is 11.0 Å². The molecule has 0 amide bonds. The lowest BCUT2D eigenvalue weighted by atomic mass is 10.2. The highest BCUT2D eigenvalue weighted by Gasteiger charge is 2.34. The number of alkyl halides is 6. The zero-order valence-electron chi connectivity index (χ0n) is 9.09. The van der Waals surface area contributed by atoms with E-state index in [1.165, 1.54) is 0 Å². The minimum Gasteiger partial charge on any atom is -0.388 e. The molecule has 1 aromatic rings. The Hall–Kier alpha value is -0.870. The molecule has 0 aromatic carbocycles. The Labute approximate surface area is 118 Å². The highest BCUT2D eigenvalue weighted by molar-refractivity contribution is 8.13. The van der Waals surface area contributed by atoms with Gasteiger partial charge in [-0.25, -0.2) is 22.2 Å². The van der Waals surface area contributed by atoms with Gasteiger partial charge in [0.2, 0.25) is 5.88 Å². The SMILES string of the molecule is O=S(=O)(Cl)c1cc(OC(F)(F)F)nc(C(F)F)c1CCl. The Balaban J connectivity index is 3.57. The number of ether oxygens (including phenoxy) is 1. The average Bonchev–Trinajstić information content (AvgIpc) is 2.24. The molecule has 0 bridgehead atoms. The third kappa shape index (κ3) is 4.32. The number of halogens is 7. The average molecular weight is 360 g/mol. The molecular formula is C8H4Cl2F5NO3S. The van der Waals surface area contributed by atoms with E-state index in [2.05, 4.69) is 9.72 Å². The molecule has 0 saturated heterocycles. The predicted molar refractivity (Wildman–Crippen MR) is 58.5 cm³/mol. The minimum atomic E-state index is -5.23. The van der Waals surface area contributed by atoms with E-state index in [4.69, 9.17) is 22.3 Å². The molecule has 0 N–H and O–H groups in total. The van der Waals surface area contributed by atoms with Crippen LogP contribution >= 0.6 is 22.3 Å². The van der Waals surface area contributed by atoms with Crippen molar-refractivity contribution in [1.29, 1.82) is 0 Å². The van der Waals surface area contributed by atoms with Gasteiger partial charge < -0.3 is 4.74 Å². The molecule has 20 heavy (non-hydrogen) atoms. The quantitative estimate of drug-likeness (QED) is 0.468. The maximum atomic E-state index is 12.7. The summed E-state index contributed by atoms with van der Waals surface area (Å²) in [5.74, 6) is -2.11. The van der Waals surface area contributed by atoms with E-state index >= 15 is 0 Å². The fourth-order valence-electron chi connectivity index (χ4n) is 1.25. The molecule has 0 aliphatic heterocycles. The van der Waals surface area contributed by atoms with Crippen molar-refractivity contribution in [2.75, 3.05) is 0 Å². The van der Waals surface area contributed by atoms with E-state index < -0.39 is 49.8 Å². The molecule has 0 aliphatic rings. The molecule has 1 heterocycles. The summed E-state index contributed by atoms with van der Waals surface area (Å²) >= 11 is 5.31. The summed E-state index contributed by atoms with van der Waals surface area (Å²) in [7, 11) is 0.354. The summed E-state index contributed by atoms with van der Waals surface area (Å²) in [6.07, 6.45) is -8.60. The lowest BCUT2D eigenvalue weighted by Crippen LogP contribution is -2.19. The Morgan fingerprint density at radius 2 is 1.90 bits per heavy atom. The van der Waals surface area contributed by atoms with Crippen molar-refractivity contribution in [3.8, 4) is 5.88 Å². The van der Waals surface area contributed by atoms with Crippen molar-refractivity contribution >= 4 is 31.3 Å². The van der Waals surface area contributed by atoms with Crippen molar-refractivity contribution in [1.82, 2.24) is 4.98 Å². The van der Waals surface area contributed by atoms with E-state index in [1.807, 2.05) is 0 Å². The molecule has 0 spiro atoms. The number of pyridine rings is 1.